The van der Waals surface area contributed by atoms with Crippen molar-refractivity contribution in [2.24, 2.45) is 0 Å². The first-order valence-electron chi connectivity index (χ1n) is 8.84. The Morgan fingerprint density at radius 3 is 2.23 bits per heavy atom. The number of carbonyl (C=O) groups excluding carboxylic acids is 2. The summed E-state index contributed by atoms with van der Waals surface area (Å²) in [6, 6.07) is 12.7. The second-order valence-corrected chi connectivity index (χ2v) is 7.46. The third-order valence-corrected chi connectivity index (χ3v) is 5.27. The van der Waals surface area contributed by atoms with Gasteiger partial charge in [0.1, 0.15) is 11.5 Å². The summed E-state index contributed by atoms with van der Waals surface area (Å²) >= 11 is 12.0. The van der Waals surface area contributed by atoms with Crippen LogP contribution in [0.3, 0.4) is 0 Å². The number of nitrogens with zero attached hydrogens (tertiary/aromatic N) is 2. The fraction of sp³-hybridized carbons (Fsp3) is 0.0455. The lowest BCUT2D eigenvalue weighted by Crippen LogP contribution is -2.29. The predicted octanol–water partition coefficient (Wildman–Crippen LogP) is 4.72. The number of aromatic hydroxyl groups is 1. The second kappa shape index (κ2) is 7.82. The van der Waals surface area contributed by atoms with Gasteiger partial charge in [0.05, 0.1) is 17.3 Å². The van der Waals surface area contributed by atoms with Gasteiger partial charge in [-0.25, -0.2) is 0 Å². The van der Waals surface area contributed by atoms with Gasteiger partial charge in [0.2, 0.25) is 0 Å². The number of ketones is 1. The normalized spacial score (nSPS) is 18.1. The smallest absolute Gasteiger partial charge is 0.300 e. The maximum absolute atomic E-state index is 13.0. The molecule has 2 heterocycles. The Kier molecular flexibility index (Phi) is 5.20. The molecule has 150 valence electrons. The molecule has 1 saturated heterocycles. The minimum absolute atomic E-state index is 0.0570. The first-order valence-corrected chi connectivity index (χ1v) is 9.59. The Balaban J connectivity index is 1.97. The maximum atomic E-state index is 13.0. The van der Waals surface area contributed by atoms with E-state index in [1.54, 1.807) is 36.4 Å². The Bertz CT molecular complexity index is 1180. The van der Waals surface area contributed by atoms with Crippen molar-refractivity contribution in [1.82, 2.24) is 4.98 Å². The average molecular weight is 441 g/mol. The van der Waals surface area contributed by atoms with Gasteiger partial charge < -0.3 is 10.2 Å². The van der Waals surface area contributed by atoms with Crippen molar-refractivity contribution in [1.29, 1.82) is 0 Å². The van der Waals surface area contributed by atoms with Gasteiger partial charge in [-0.2, -0.15) is 0 Å². The monoisotopic (exact) mass is 440 g/mol. The number of hydrogen-bond acceptors (Lipinski definition) is 5. The van der Waals surface area contributed by atoms with Crippen molar-refractivity contribution in [2.75, 3.05) is 4.90 Å². The summed E-state index contributed by atoms with van der Waals surface area (Å²) in [5.41, 5.74) is 0.792. The number of Topliss-reactive ketones (excluding diaryl/α,β-unsaturated/α-hetero) is 1. The highest BCUT2D eigenvalue weighted by Gasteiger charge is 2.47. The van der Waals surface area contributed by atoms with Crippen LogP contribution in [0.5, 0.6) is 5.75 Å². The fourth-order valence-corrected chi connectivity index (χ4v) is 3.69. The van der Waals surface area contributed by atoms with E-state index in [2.05, 4.69) is 4.98 Å². The molecule has 0 aliphatic carbocycles. The van der Waals surface area contributed by atoms with Crippen LogP contribution in [0.2, 0.25) is 10.0 Å². The highest BCUT2D eigenvalue weighted by molar-refractivity contribution is 6.52. The molecule has 6 nitrogen and oxygen atoms in total. The summed E-state index contributed by atoms with van der Waals surface area (Å²) in [5, 5.41) is 22.1. The molecule has 1 aliphatic rings. The van der Waals surface area contributed by atoms with Crippen LogP contribution >= 0.6 is 23.2 Å². The minimum Gasteiger partial charge on any atom is -0.507 e. The van der Waals surface area contributed by atoms with E-state index in [9.17, 15) is 19.8 Å². The zero-order chi connectivity index (χ0) is 21.4. The lowest BCUT2D eigenvalue weighted by Gasteiger charge is -2.26. The van der Waals surface area contributed by atoms with Gasteiger partial charge >= 0.3 is 0 Å². The van der Waals surface area contributed by atoms with Gasteiger partial charge in [0.25, 0.3) is 11.7 Å². The van der Waals surface area contributed by atoms with Gasteiger partial charge in [0, 0.05) is 28.0 Å². The number of aromatic nitrogens is 1. The Hall–Kier alpha value is -3.35. The number of benzene rings is 2. The maximum Gasteiger partial charge on any atom is 0.300 e. The topological polar surface area (TPSA) is 90.7 Å². The number of carbonyl (C=O) groups is 2. The quantitative estimate of drug-likeness (QED) is 0.349. The predicted molar refractivity (Wildman–Crippen MR) is 114 cm³/mol. The number of amides is 1. The third-order valence-electron chi connectivity index (χ3n) is 4.78. The van der Waals surface area contributed by atoms with Crippen LogP contribution in [0.25, 0.3) is 5.76 Å². The molecule has 0 spiro atoms. The average Bonchev–Trinajstić information content (AvgIpc) is 3.01. The number of pyridine rings is 1. The Labute approximate surface area is 181 Å². The molecule has 0 radical (unpaired) electrons. The highest BCUT2D eigenvalue weighted by atomic mass is 35.5. The number of rotatable bonds is 3. The lowest BCUT2D eigenvalue weighted by atomic mass is 9.96. The SMILES string of the molecule is O=C1C(=O)N(c2cc(Cl)ccc2O)C(c2ccncc2)/C1=C(\O)c1ccc(Cl)cc1. The molecule has 3 aromatic rings. The van der Waals surface area contributed by atoms with Crippen LogP contribution in [-0.2, 0) is 9.59 Å². The third kappa shape index (κ3) is 3.40. The van der Waals surface area contributed by atoms with Crippen molar-refractivity contribution in [3.8, 4) is 5.75 Å². The molecule has 1 amide bonds. The molecule has 1 aromatic heterocycles. The zero-order valence-corrected chi connectivity index (χ0v) is 16.8. The van der Waals surface area contributed by atoms with Gasteiger partial charge in [-0.15, -0.1) is 0 Å². The van der Waals surface area contributed by atoms with E-state index in [0.29, 0.717) is 16.1 Å². The highest BCUT2D eigenvalue weighted by Crippen LogP contribution is 2.45. The zero-order valence-electron chi connectivity index (χ0n) is 15.3. The van der Waals surface area contributed by atoms with Crippen molar-refractivity contribution in [3.63, 3.8) is 0 Å². The fourth-order valence-electron chi connectivity index (χ4n) is 3.39. The van der Waals surface area contributed by atoms with Gasteiger partial charge in [-0.1, -0.05) is 23.2 Å². The number of phenolic OH excluding ortho intramolecular Hbond substituents is 1. The second-order valence-electron chi connectivity index (χ2n) is 6.59. The number of aliphatic hydroxyl groups excluding tert-OH is 1. The first kappa shape index (κ1) is 19.9. The molecule has 30 heavy (non-hydrogen) atoms. The summed E-state index contributed by atoms with van der Waals surface area (Å²) in [7, 11) is 0. The van der Waals surface area contributed by atoms with Gasteiger partial charge in [0.15, 0.2) is 0 Å². The number of anilines is 1. The molecule has 0 saturated carbocycles. The van der Waals surface area contributed by atoms with Crippen LogP contribution in [0.4, 0.5) is 5.69 Å². The molecule has 8 heteroatoms. The van der Waals surface area contributed by atoms with E-state index in [1.165, 1.54) is 30.6 Å². The summed E-state index contributed by atoms with van der Waals surface area (Å²) < 4.78 is 0. The summed E-state index contributed by atoms with van der Waals surface area (Å²) in [4.78, 5) is 31.1. The summed E-state index contributed by atoms with van der Waals surface area (Å²) in [6.07, 6.45) is 3.02. The number of phenols is 1. The van der Waals surface area contributed by atoms with Gasteiger partial charge in [-0.05, 0) is 60.2 Å². The Morgan fingerprint density at radius 1 is 0.933 bits per heavy atom. The molecule has 0 bridgehead atoms. The number of halogens is 2. The van der Waals surface area contributed by atoms with E-state index in [1.807, 2.05) is 0 Å². The molecule has 1 fully saturated rings. The molecular weight excluding hydrogens is 427 g/mol. The number of aliphatic hydroxyl groups is 1. The number of hydrogen-bond donors (Lipinski definition) is 2. The van der Waals surface area contributed by atoms with E-state index >= 15 is 0 Å². The molecule has 4 rings (SSSR count). The molecular formula is C22H14Cl2N2O4. The van der Waals surface area contributed by atoms with Gasteiger partial charge in [-0.3, -0.25) is 19.5 Å². The van der Waals surface area contributed by atoms with Crippen LogP contribution in [0.1, 0.15) is 17.2 Å². The van der Waals surface area contributed by atoms with Crippen LogP contribution < -0.4 is 4.90 Å². The summed E-state index contributed by atoms with van der Waals surface area (Å²) in [6.45, 7) is 0. The van der Waals surface area contributed by atoms with Crippen LogP contribution in [0, 0.1) is 0 Å². The van der Waals surface area contributed by atoms with Crippen molar-refractivity contribution in [3.05, 3.63) is 93.7 Å². The van der Waals surface area contributed by atoms with E-state index in [0.717, 1.165) is 4.90 Å². The molecule has 2 N–H and O–H groups in total. The lowest BCUT2D eigenvalue weighted by molar-refractivity contribution is -0.132. The molecule has 1 aliphatic heterocycles. The molecule has 1 unspecified atom stereocenters. The first-order chi connectivity index (χ1) is 14.4. The van der Waals surface area contributed by atoms with E-state index in [-0.39, 0.29) is 27.8 Å². The van der Waals surface area contributed by atoms with Crippen molar-refractivity contribution >= 4 is 46.3 Å². The summed E-state index contributed by atoms with van der Waals surface area (Å²) in [5.74, 6) is -2.36. The van der Waals surface area contributed by atoms with Crippen molar-refractivity contribution in [2.45, 2.75) is 6.04 Å². The standard InChI is InChI=1S/C22H14Cl2N2O4/c23-14-3-1-13(2-4-14)20(28)18-19(12-7-9-25-10-8-12)26(22(30)21(18)29)16-11-15(24)5-6-17(16)27/h1-11,19,27-28H/b20-18+. The van der Waals surface area contributed by atoms with Crippen LogP contribution in [-0.4, -0.2) is 26.9 Å². The molecule has 1 atom stereocenters. The van der Waals surface area contributed by atoms with Crippen LogP contribution in [0.15, 0.2) is 72.6 Å². The van der Waals surface area contributed by atoms with E-state index in [4.69, 9.17) is 23.2 Å². The molecule has 2 aromatic carbocycles. The minimum atomic E-state index is -0.993. The van der Waals surface area contributed by atoms with E-state index < -0.39 is 17.7 Å². The van der Waals surface area contributed by atoms with Crippen molar-refractivity contribution < 1.29 is 19.8 Å². The Morgan fingerprint density at radius 2 is 1.57 bits per heavy atom. The largest absolute Gasteiger partial charge is 0.507 e.